The molecule has 1 nitrogen and oxygen atoms in total. The lowest BCUT2D eigenvalue weighted by molar-refractivity contribution is 0.645. The van der Waals surface area contributed by atoms with E-state index in [0.717, 1.165) is 17.1 Å². The molecule has 0 heterocycles. The average molecular weight is 690 g/mol. The summed E-state index contributed by atoms with van der Waals surface area (Å²) in [6.07, 6.45) is 0. The Balaban J connectivity index is 1.10. The first kappa shape index (κ1) is 32.0. The van der Waals surface area contributed by atoms with E-state index in [1.165, 1.54) is 77.2 Å². The molecular formula is C53H39N. The third kappa shape index (κ3) is 5.24. The van der Waals surface area contributed by atoms with E-state index < -0.39 is 0 Å². The van der Waals surface area contributed by atoms with E-state index in [0.29, 0.717) is 0 Å². The highest BCUT2D eigenvalue weighted by Crippen LogP contribution is 2.53. The Hall–Kier alpha value is -6.70. The van der Waals surface area contributed by atoms with E-state index in [2.05, 4.69) is 219 Å². The summed E-state index contributed by atoms with van der Waals surface area (Å²) >= 11 is 0. The van der Waals surface area contributed by atoms with Crippen LogP contribution in [0, 0.1) is 0 Å². The van der Waals surface area contributed by atoms with Gasteiger partial charge in [0.15, 0.2) is 0 Å². The molecule has 0 unspecified atom stereocenters. The normalized spacial score (nSPS) is 12.8. The summed E-state index contributed by atoms with van der Waals surface area (Å²) in [5.41, 5.74) is 16.0. The average Bonchev–Trinajstić information content (AvgIpc) is 3.23. The Kier molecular flexibility index (Phi) is 7.56. The molecule has 1 heteroatoms. The zero-order chi connectivity index (χ0) is 36.2. The molecule has 10 rings (SSSR count). The number of benzene rings is 9. The largest absolute Gasteiger partial charge is 0.311 e. The molecule has 0 bridgehead atoms. The monoisotopic (exact) mass is 689 g/mol. The van der Waals surface area contributed by atoms with Crippen LogP contribution in [0.2, 0.25) is 0 Å². The molecule has 1 aliphatic carbocycles. The van der Waals surface area contributed by atoms with E-state index in [-0.39, 0.29) is 5.41 Å². The highest BCUT2D eigenvalue weighted by atomic mass is 15.1. The Morgan fingerprint density at radius 1 is 0.352 bits per heavy atom. The fourth-order valence-electron chi connectivity index (χ4n) is 8.74. The van der Waals surface area contributed by atoms with Crippen molar-refractivity contribution < 1.29 is 0 Å². The zero-order valence-corrected chi connectivity index (χ0v) is 30.5. The highest BCUT2D eigenvalue weighted by molar-refractivity contribution is 6.10. The molecular weight excluding hydrogens is 651 g/mol. The van der Waals surface area contributed by atoms with Gasteiger partial charge in [-0.3, -0.25) is 0 Å². The minimum atomic E-state index is -0.169. The molecule has 0 fully saturated rings. The number of anilines is 3. The summed E-state index contributed by atoms with van der Waals surface area (Å²) in [6.45, 7) is 4.78. The predicted molar refractivity (Wildman–Crippen MR) is 230 cm³/mol. The lowest BCUT2D eigenvalue weighted by Crippen LogP contribution is -2.24. The molecule has 0 spiro atoms. The maximum atomic E-state index is 2.46. The van der Waals surface area contributed by atoms with E-state index >= 15 is 0 Å². The van der Waals surface area contributed by atoms with E-state index in [9.17, 15) is 0 Å². The Bertz CT molecular complexity index is 2810. The summed E-state index contributed by atoms with van der Waals surface area (Å²) < 4.78 is 0. The Morgan fingerprint density at radius 3 is 1.67 bits per heavy atom. The second kappa shape index (κ2) is 12.8. The number of rotatable bonds is 6. The van der Waals surface area contributed by atoms with Gasteiger partial charge >= 0.3 is 0 Å². The number of fused-ring (bicyclic) bond motifs is 3. The first-order valence-electron chi connectivity index (χ1n) is 18.8. The number of hydrogen-bond acceptors (Lipinski definition) is 1. The molecule has 0 saturated carbocycles. The zero-order valence-electron chi connectivity index (χ0n) is 30.5. The first-order chi connectivity index (χ1) is 26.5. The van der Waals surface area contributed by atoms with Crippen molar-refractivity contribution in [3.63, 3.8) is 0 Å². The molecule has 9 aromatic rings. The van der Waals surface area contributed by atoms with Gasteiger partial charge in [0.1, 0.15) is 0 Å². The second-order valence-electron chi connectivity index (χ2n) is 14.9. The molecule has 54 heavy (non-hydrogen) atoms. The Morgan fingerprint density at radius 2 is 0.907 bits per heavy atom. The summed E-state index contributed by atoms with van der Waals surface area (Å²) in [5, 5.41) is 5.20. The van der Waals surface area contributed by atoms with Gasteiger partial charge in [0.25, 0.3) is 0 Å². The quantitative estimate of drug-likeness (QED) is 0.168. The minimum absolute atomic E-state index is 0.169. The molecule has 0 amide bonds. The number of nitrogens with zero attached hydrogens (tertiary/aromatic N) is 1. The van der Waals surface area contributed by atoms with Crippen molar-refractivity contribution in [1.29, 1.82) is 0 Å². The van der Waals surface area contributed by atoms with Gasteiger partial charge in [-0.15, -0.1) is 0 Å². The van der Waals surface area contributed by atoms with Gasteiger partial charge in [-0.2, -0.15) is 0 Å². The summed E-state index contributed by atoms with van der Waals surface area (Å²) in [7, 11) is 0. The Labute approximate surface area is 317 Å². The molecule has 0 radical (unpaired) electrons. The third-order valence-corrected chi connectivity index (χ3v) is 11.5. The minimum Gasteiger partial charge on any atom is -0.311 e. The van der Waals surface area contributed by atoms with Crippen LogP contribution in [0.4, 0.5) is 17.1 Å². The maximum absolute atomic E-state index is 2.46. The van der Waals surface area contributed by atoms with Crippen molar-refractivity contribution in [2.45, 2.75) is 19.3 Å². The van der Waals surface area contributed by atoms with Gasteiger partial charge in [0, 0.05) is 22.5 Å². The van der Waals surface area contributed by atoms with Crippen LogP contribution in [0.5, 0.6) is 0 Å². The van der Waals surface area contributed by atoms with Gasteiger partial charge in [-0.05, 0) is 120 Å². The van der Waals surface area contributed by atoms with Gasteiger partial charge in [0.2, 0.25) is 0 Å². The molecule has 0 aliphatic heterocycles. The van der Waals surface area contributed by atoms with Crippen LogP contribution in [0.25, 0.3) is 66.1 Å². The van der Waals surface area contributed by atoms with E-state index in [4.69, 9.17) is 0 Å². The summed E-state index contributed by atoms with van der Waals surface area (Å²) in [5.74, 6) is 0. The standard InChI is InChI=1S/C53H39N/c1-53(2)49-22-12-17-40-27-33-47(52(51(40)49)48-34-28-41(35-50(48)53)46-21-11-16-38-15-9-10-20-45(38)46)39-25-31-44(32-26-39)54(42-18-7-4-8-19-42)43-29-23-37(24-30-43)36-13-5-3-6-14-36/h3-35H,1-2H3. The highest BCUT2D eigenvalue weighted by Gasteiger charge is 2.35. The fourth-order valence-corrected chi connectivity index (χ4v) is 8.74. The van der Waals surface area contributed by atoms with Crippen LogP contribution in [0.15, 0.2) is 200 Å². The van der Waals surface area contributed by atoms with Crippen LogP contribution >= 0.6 is 0 Å². The maximum Gasteiger partial charge on any atom is 0.0462 e. The van der Waals surface area contributed by atoms with Crippen molar-refractivity contribution in [2.75, 3.05) is 4.90 Å². The molecule has 9 aromatic carbocycles. The first-order valence-corrected chi connectivity index (χ1v) is 18.8. The topological polar surface area (TPSA) is 3.24 Å². The number of para-hydroxylation sites is 1. The van der Waals surface area contributed by atoms with Gasteiger partial charge in [-0.1, -0.05) is 172 Å². The van der Waals surface area contributed by atoms with Crippen LogP contribution < -0.4 is 4.90 Å². The van der Waals surface area contributed by atoms with Crippen molar-refractivity contribution in [2.24, 2.45) is 0 Å². The third-order valence-electron chi connectivity index (χ3n) is 11.5. The van der Waals surface area contributed by atoms with Crippen molar-refractivity contribution in [3.05, 3.63) is 211 Å². The van der Waals surface area contributed by atoms with Crippen molar-refractivity contribution in [1.82, 2.24) is 0 Å². The lowest BCUT2D eigenvalue weighted by Gasteiger charge is -2.36. The molecule has 256 valence electrons. The van der Waals surface area contributed by atoms with Crippen molar-refractivity contribution in [3.8, 4) is 44.5 Å². The molecule has 1 aliphatic rings. The summed E-state index contributed by atoms with van der Waals surface area (Å²) in [4.78, 5) is 2.34. The van der Waals surface area contributed by atoms with Crippen LogP contribution in [-0.2, 0) is 5.41 Å². The number of hydrogen-bond donors (Lipinski definition) is 0. The molecule has 0 aromatic heterocycles. The lowest BCUT2D eigenvalue weighted by atomic mass is 9.67. The molecule has 0 atom stereocenters. The summed E-state index contributed by atoms with van der Waals surface area (Å²) in [6, 6.07) is 73.2. The van der Waals surface area contributed by atoms with Crippen LogP contribution in [-0.4, -0.2) is 0 Å². The van der Waals surface area contributed by atoms with Crippen molar-refractivity contribution >= 4 is 38.6 Å². The van der Waals surface area contributed by atoms with Gasteiger partial charge < -0.3 is 4.90 Å². The molecule has 0 saturated heterocycles. The van der Waals surface area contributed by atoms with Crippen LogP contribution in [0.1, 0.15) is 25.0 Å². The van der Waals surface area contributed by atoms with Gasteiger partial charge in [0.05, 0.1) is 0 Å². The van der Waals surface area contributed by atoms with Gasteiger partial charge in [-0.25, -0.2) is 0 Å². The smallest absolute Gasteiger partial charge is 0.0462 e. The second-order valence-corrected chi connectivity index (χ2v) is 14.9. The molecule has 0 N–H and O–H groups in total. The SMILES string of the molecule is CC1(C)c2cc(-c3cccc4ccccc34)ccc2-c2c(-c3ccc(N(c4ccccc4)c4ccc(-c5ccccc5)cc4)cc3)ccc3cccc1c23. The van der Waals surface area contributed by atoms with E-state index in [1.54, 1.807) is 0 Å². The van der Waals surface area contributed by atoms with Crippen LogP contribution in [0.3, 0.4) is 0 Å². The van der Waals surface area contributed by atoms with E-state index in [1.807, 2.05) is 0 Å². The predicted octanol–water partition coefficient (Wildman–Crippen LogP) is 14.8. The fraction of sp³-hybridized carbons (Fsp3) is 0.0566.